The van der Waals surface area contributed by atoms with Gasteiger partial charge in [0.1, 0.15) is 5.88 Å². The number of rotatable bonds is 4. The predicted molar refractivity (Wildman–Crippen MR) is 65.0 cm³/mol. The standard InChI is InChI=1S/C11H13ClN2O3/c1-17-11(16)14-9-4-2-3-8(5-9)7-13-10(15)6-12/h2-5H,6-7H2,1H3,(H,13,15)(H,14,16). The molecule has 5 nitrogen and oxygen atoms in total. The van der Waals surface area contributed by atoms with Crippen molar-refractivity contribution in [3.63, 3.8) is 0 Å². The summed E-state index contributed by atoms with van der Waals surface area (Å²) in [6.45, 7) is 0.363. The van der Waals surface area contributed by atoms with Crippen molar-refractivity contribution in [2.24, 2.45) is 0 Å². The highest BCUT2D eigenvalue weighted by molar-refractivity contribution is 6.27. The number of halogens is 1. The van der Waals surface area contributed by atoms with Gasteiger partial charge in [0.05, 0.1) is 7.11 Å². The molecule has 1 aromatic rings. The highest BCUT2D eigenvalue weighted by Gasteiger charge is 2.02. The molecule has 6 heteroatoms. The highest BCUT2D eigenvalue weighted by atomic mass is 35.5. The van der Waals surface area contributed by atoms with Gasteiger partial charge in [0.15, 0.2) is 0 Å². The Morgan fingerprint density at radius 1 is 1.41 bits per heavy atom. The lowest BCUT2D eigenvalue weighted by Gasteiger charge is -2.07. The van der Waals surface area contributed by atoms with Gasteiger partial charge in [-0.15, -0.1) is 11.6 Å². The van der Waals surface area contributed by atoms with Crippen LogP contribution in [0, 0.1) is 0 Å². The monoisotopic (exact) mass is 256 g/mol. The van der Waals surface area contributed by atoms with Crippen molar-refractivity contribution in [2.45, 2.75) is 6.54 Å². The first kappa shape index (κ1) is 13.3. The van der Waals surface area contributed by atoms with E-state index in [1.807, 2.05) is 6.07 Å². The van der Waals surface area contributed by atoms with Crippen molar-refractivity contribution in [1.29, 1.82) is 0 Å². The van der Waals surface area contributed by atoms with Crippen LogP contribution in [0.15, 0.2) is 24.3 Å². The number of nitrogens with one attached hydrogen (secondary N) is 2. The van der Waals surface area contributed by atoms with Crippen LogP contribution < -0.4 is 10.6 Å². The SMILES string of the molecule is COC(=O)Nc1cccc(CNC(=O)CCl)c1. The van der Waals surface area contributed by atoms with E-state index in [1.54, 1.807) is 18.2 Å². The molecule has 0 aliphatic rings. The number of hydrogen-bond donors (Lipinski definition) is 2. The van der Waals surface area contributed by atoms with Crippen LogP contribution in [0.3, 0.4) is 0 Å². The fraction of sp³-hybridized carbons (Fsp3) is 0.273. The first-order chi connectivity index (χ1) is 8.15. The number of carbonyl (C=O) groups is 2. The summed E-state index contributed by atoms with van der Waals surface area (Å²) >= 11 is 5.35. The second-order valence-electron chi connectivity index (χ2n) is 3.23. The van der Waals surface area contributed by atoms with Crippen LogP contribution in [0.2, 0.25) is 0 Å². The molecule has 0 saturated carbocycles. The number of hydrogen-bond acceptors (Lipinski definition) is 3. The molecule has 0 bridgehead atoms. The van der Waals surface area contributed by atoms with Gasteiger partial charge in [0, 0.05) is 12.2 Å². The first-order valence-electron chi connectivity index (χ1n) is 4.92. The van der Waals surface area contributed by atoms with Crippen LogP contribution in [0.4, 0.5) is 10.5 Å². The maximum absolute atomic E-state index is 11.0. The quantitative estimate of drug-likeness (QED) is 0.806. The molecule has 1 aromatic carbocycles. The lowest BCUT2D eigenvalue weighted by Crippen LogP contribution is -2.23. The highest BCUT2D eigenvalue weighted by Crippen LogP contribution is 2.10. The summed E-state index contributed by atoms with van der Waals surface area (Å²) in [6, 6.07) is 7.07. The largest absolute Gasteiger partial charge is 0.453 e. The maximum Gasteiger partial charge on any atom is 0.411 e. The summed E-state index contributed by atoms with van der Waals surface area (Å²) in [4.78, 5) is 21.9. The summed E-state index contributed by atoms with van der Waals surface area (Å²) in [5.74, 6) is -0.307. The van der Waals surface area contributed by atoms with Crippen LogP contribution in [0.1, 0.15) is 5.56 Å². The Morgan fingerprint density at radius 3 is 2.82 bits per heavy atom. The summed E-state index contributed by atoms with van der Waals surface area (Å²) in [7, 11) is 1.29. The Bertz CT molecular complexity index is 409. The smallest absolute Gasteiger partial charge is 0.411 e. The van der Waals surface area contributed by atoms with E-state index in [0.29, 0.717) is 12.2 Å². The van der Waals surface area contributed by atoms with Crippen molar-refractivity contribution < 1.29 is 14.3 Å². The third-order valence-electron chi connectivity index (χ3n) is 1.97. The number of carbonyl (C=O) groups excluding carboxylic acids is 2. The molecule has 2 N–H and O–H groups in total. The fourth-order valence-corrected chi connectivity index (χ4v) is 1.27. The van der Waals surface area contributed by atoms with Crippen molar-refractivity contribution >= 4 is 29.3 Å². The van der Waals surface area contributed by atoms with Gasteiger partial charge in [0.2, 0.25) is 5.91 Å². The van der Waals surface area contributed by atoms with E-state index >= 15 is 0 Å². The topological polar surface area (TPSA) is 67.4 Å². The second kappa shape index (κ2) is 6.75. The fourth-order valence-electron chi connectivity index (χ4n) is 1.18. The minimum Gasteiger partial charge on any atom is -0.453 e. The maximum atomic E-state index is 11.0. The van der Waals surface area contributed by atoms with Gasteiger partial charge >= 0.3 is 6.09 Å². The Kier molecular flexibility index (Phi) is 5.29. The molecule has 0 unspecified atom stereocenters. The van der Waals surface area contributed by atoms with E-state index in [4.69, 9.17) is 11.6 Å². The molecule has 0 fully saturated rings. The van der Waals surface area contributed by atoms with Gasteiger partial charge in [-0.1, -0.05) is 12.1 Å². The number of benzene rings is 1. The van der Waals surface area contributed by atoms with Gasteiger partial charge in [-0.2, -0.15) is 0 Å². The molecule has 0 aliphatic heterocycles. The Hall–Kier alpha value is -1.75. The zero-order chi connectivity index (χ0) is 12.7. The number of alkyl halides is 1. The number of methoxy groups -OCH3 is 1. The van der Waals surface area contributed by atoms with Crippen LogP contribution >= 0.6 is 11.6 Å². The van der Waals surface area contributed by atoms with Gasteiger partial charge < -0.3 is 10.1 Å². The van der Waals surface area contributed by atoms with Crippen LogP contribution in [0.25, 0.3) is 0 Å². The van der Waals surface area contributed by atoms with Gasteiger partial charge in [0.25, 0.3) is 0 Å². The first-order valence-corrected chi connectivity index (χ1v) is 5.45. The van der Waals surface area contributed by atoms with Crippen LogP contribution in [0.5, 0.6) is 0 Å². The average Bonchev–Trinajstić information content (AvgIpc) is 2.36. The molecule has 0 heterocycles. The van der Waals surface area contributed by atoms with Crippen molar-refractivity contribution in [1.82, 2.24) is 5.32 Å². The van der Waals surface area contributed by atoms with E-state index in [2.05, 4.69) is 15.4 Å². The lowest BCUT2D eigenvalue weighted by molar-refractivity contribution is -0.118. The molecular weight excluding hydrogens is 244 g/mol. The Labute approximate surface area is 104 Å². The molecule has 92 valence electrons. The van der Waals surface area contributed by atoms with Gasteiger partial charge in [-0.25, -0.2) is 4.79 Å². The molecule has 0 spiro atoms. The lowest BCUT2D eigenvalue weighted by atomic mass is 10.2. The van der Waals surface area contributed by atoms with E-state index in [9.17, 15) is 9.59 Å². The average molecular weight is 257 g/mol. The van der Waals surface area contributed by atoms with E-state index < -0.39 is 6.09 Å². The minimum absolute atomic E-state index is 0.0693. The van der Waals surface area contributed by atoms with Crippen LogP contribution in [-0.2, 0) is 16.1 Å². The molecule has 2 amide bonds. The van der Waals surface area contributed by atoms with Gasteiger partial charge in [-0.05, 0) is 17.7 Å². The van der Waals surface area contributed by atoms with Crippen molar-refractivity contribution in [3.8, 4) is 0 Å². The van der Waals surface area contributed by atoms with E-state index in [0.717, 1.165) is 5.56 Å². The normalized spacial score (nSPS) is 9.53. The van der Waals surface area contributed by atoms with E-state index in [-0.39, 0.29) is 11.8 Å². The number of amides is 2. The minimum atomic E-state index is -0.535. The Morgan fingerprint density at radius 2 is 2.18 bits per heavy atom. The zero-order valence-electron chi connectivity index (χ0n) is 9.33. The van der Waals surface area contributed by atoms with Crippen LogP contribution in [-0.4, -0.2) is 25.0 Å². The summed E-state index contributed by atoms with van der Waals surface area (Å²) in [5, 5.41) is 5.16. The predicted octanol–water partition coefficient (Wildman–Crippen LogP) is 1.72. The molecule has 0 aliphatic carbocycles. The summed E-state index contributed by atoms with van der Waals surface area (Å²) in [5.41, 5.74) is 1.46. The number of anilines is 1. The summed E-state index contributed by atoms with van der Waals surface area (Å²) in [6.07, 6.45) is -0.535. The second-order valence-corrected chi connectivity index (χ2v) is 3.49. The zero-order valence-corrected chi connectivity index (χ0v) is 10.1. The molecule has 1 rings (SSSR count). The molecule has 0 aromatic heterocycles. The molecule has 0 saturated heterocycles. The third-order valence-corrected chi connectivity index (χ3v) is 2.21. The van der Waals surface area contributed by atoms with Crippen molar-refractivity contribution in [3.05, 3.63) is 29.8 Å². The summed E-state index contributed by atoms with van der Waals surface area (Å²) < 4.78 is 4.47. The van der Waals surface area contributed by atoms with E-state index in [1.165, 1.54) is 7.11 Å². The van der Waals surface area contributed by atoms with Crippen molar-refractivity contribution in [2.75, 3.05) is 18.3 Å². The molecular formula is C11H13ClN2O3. The molecule has 0 atom stereocenters. The molecule has 17 heavy (non-hydrogen) atoms. The number of ether oxygens (including phenoxy) is 1. The Balaban J connectivity index is 2.59. The third kappa shape index (κ3) is 4.74. The van der Waals surface area contributed by atoms with Gasteiger partial charge in [-0.3, -0.25) is 10.1 Å². The molecule has 0 radical (unpaired) electrons.